The maximum absolute atomic E-state index is 3.36. The van der Waals surface area contributed by atoms with E-state index in [9.17, 15) is 0 Å². The summed E-state index contributed by atoms with van der Waals surface area (Å²) >= 11 is -3.36. The number of benzene rings is 5. The molecular weight excluding hydrogens is 612 g/mol. The third kappa shape index (κ3) is 4.86. The van der Waals surface area contributed by atoms with Crippen LogP contribution < -0.4 is 16.8 Å². The quantitative estimate of drug-likeness (QED) is 0.176. The molecule has 0 saturated carbocycles. The fraction of sp³-hybridized carbons (Fsp3) is 0.143. The third-order valence-corrected chi connectivity index (χ3v) is 72.3. The van der Waals surface area contributed by atoms with Gasteiger partial charge in [0.2, 0.25) is 0 Å². The van der Waals surface area contributed by atoms with Gasteiger partial charge in [0.15, 0.2) is 0 Å². The standard InChI is InChI=1S/C18H15Ge.C10H13.C6H5.CH3.Sn/c1-4-10-16(11-5-1)19(17-12-6-2-7-13-17)18-14-8-3-9-15-18;1-10(2,3)9-7-5-4-6-8-9;1-2-4-6-5-3-1;;/h1-15H;4-8H,1H2,2-3H3;1-5H;1H3;. The van der Waals surface area contributed by atoms with Gasteiger partial charge >= 0.3 is 229 Å². The van der Waals surface area contributed by atoms with E-state index >= 15 is 0 Å². The molecule has 0 spiro atoms. The van der Waals surface area contributed by atoms with Gasteiger partial charge in [-0.1, -0.05) is 0 Å². The molecule has 1 unspecified atom stereocenters. The molecule has 0 nitrogen and oxygen atoms in total. The van der Waals surface area contributed by atoms with Crippen LogP contribution in [0.3, 0.4) is 0 Å². The molecule has 0 aliphatic heterocycles. The first-order valence-electron chi connectivity index (χ1n) is 13.3. The van der Waals surface area contributed by atoms with Gasteiger partial charge < -0.3 is 0 Å². The molecule has 1 atom stereocenters. The Hall–Kier alpha value is -2.56. The summed E-state index contributed by atoms with van der Waals surface area (Å²) in [5, 5.41) is 0. The minimum absolute atomic E-state index is 0.0662. The van der Waals surface area contributed by atoms with Crippen LogP contribution in [-0.2, 0) is 5.41 Å². The zero-order valence-corrected chi connectivity index (χ0v) is 27.1. The van der Waals surface area contributed by atoms with Crippen LogP contribution in [0.5, 0.6) is 0 Å². The van der Waals surface area contributed by atoms with E-state index in [1.165, 1.54) is 10.0 Å². The van der Waals surface area contributed by atoms with Crippen molar-refractivity contribution in [1.29, 1.82) is 0 Å². The van der Waals surface area contributed by atoms with Crippen molar-refractivity contribution < 1.29 is 0 Å². The summed E-state index contributed by atoms with van der Waals surface area (Å²) in [6, 6.07) is 57.7. The summed E-state index contributed by atoms with van der Waals surface area (Å²) in [5.74, 6) is 0. The Bertz CT molecular complexity index is 1300. The average Bonchev–Trinajstić information content (AvgIpc) is 2.96. The monoisotopic (exact) mass is 650 g/mol. The molecule has 0 aliphatic carbocycles. The number of hydrogen-bond acceptors (Lipinski definition) is 0. The van der Waals surface area contributed by atoms with Crippen molar-refractivity contribution in [1.82, 2.24) is 0 Å². The Labute approximate surface area is 227 Å². The Morgan fingerprint density at radius 2 is 0.811 bits per heavy atom. The van der Waals surface area contributed by atoms with E-state index in [2.05, 4.69) is 170 Å². The van der Waals surface area contributed by atoms with Gasteiger partial charge in [0, 0.05) is 0 Å². The molecule has 0 aromatic heterocycles. The first-order valence-corrected chi connectivity index (χ1v) is 31.2. The van der Waals surface area contributed by atoms with E-state index in [4.69, 9.17) is 0 Å². The van der Waals surface area contributed by atoms with Gasteiger partial charge in [-0.3, -0.25) is 0 Å². The molecule has 5 aromatic carbocycles. The third-order valence-electron chi connectivity index (χ3n) is 8.21. The molecule has 0 radical (unpaired) electrons. The van der Waals surface area contributed by atoms with Crippen molar-refractivity contribution in [3.05, 3.63) is 157 Å². The van der Waals surface area contributed by atoms with E-state index in [0.717, 1.165) is 0 Å². The van der Waals surface area contributed by atoms with Crippen molar-refractivity contribution in [3.63, 3.8) is 0 Å². The van der Waals surface area contributed by atoms with Gasteiger partial charge in [0.25, 0.3) is 0 Å². The van der Waals surface area contributed by atoms with Crippen LogP contribution in [0.4, 0.5) is 0 Å². The second-order valence-electron chi connectivity index (χ2n) is 11.0. The second-order valence-corrected chi connectivity index (χ2v) is 54.7. The molecule has 0 N–H and O–H groups in total. The molecule has 0 heterocycles. The van der Waals surface area contributed by atoms with Crippen LogP contribution in [0, 0.1) is 0 Å². The SMILES string of the molecule is CC(C)([CH2][Sn]([CH3])([c]1ccccc1)[Ge]([c]1ccccc1)([c]1ccccc1)[c]1ccccc1)c1ccccc1. The summed E-state index contributed by atoms with van der Waals surface area (Å²) in [4.78, 5) is 2.78. The Morgan fingerprint density at radius 3 is 1.19 bits per heavy atom. The van der Waals surface area contributed by atoms with Gasteiger partial charge in [-0.25, -0.2) is 0 Å². The molecule has 0 aliphatic rings. The Kier molecular flexibility index (Phi) is 7.78. The summed E-state index contributed by atoms with van der Waals surface area (Å²) in [6.45, 7) is 4.96. The number of hydrogen-bond donors (Lipinski definition) is 0. The molecule has 2 heteroatoms. The topological polar surface area (TPSA) is 0 Å². The van der Waals surface area contributed by atoms with E-state index in [1.807, 2.05) is 0 Å². The molecule has 184 valence electrons. The Morgan fingerprint density at radius 1 is 0.486 bits per heavy atom. The normalized spacial score (nSPS) is 13.6. The Balaban J connectivity index is 1.90. The fourth-order valence-corrected chi connectivity index (χ4v) is 82.1. The predicted octanol–water partition coefficient (Wildman–Crippen LogP) is 6.20. The van der Waals surface area contributed by atoms with Crippen LogP contribution in [0.15, 0.2) is 152 Å². The maximum atomic E-state index is 2.78. The molecule has 0 fully saturated rings. The van der Waals surface area contributed by atoms with Gasteiger partial charge in [0.1, 0.15) is 0 Å². The fourth-order valence-electron chi connectivity index (χ4n) is 6.65. The predicted molar refractivity (Wildman–Crippen MR) is 166 cm³/mol. The van der Waals surface area contributed by atoms with Crippen LogP contribution >= 0.6 is 0 Å². The molecule has 5 rings (SSSR count). The zero-order valence-electron chi connectivity index (χ0n) is 22.1. The van der Waals surface area contributed by atoms with Crippen LogP contribution in [0.1, 0.15) is 19.4 Å². The minimum atomic E-state index is -3.36. The van der Waals surface area contributed by atoms with Crippen LogP contribution in [0.2, 0.25) is 9.38 Å². The summed E-state index contributed by atoms with van der Waals surface area (Å²) in [5.41, 5.74) is 1.51. The van der Waals surface area contributed by atoms with Crippen molar-refractivity contribution in [2.75, 3.05) is 0 Å². The molecule has 5 aromatic rings. The summed E-state index contributed by atoms with van der Waals surface area (Å²) < 4.78 is 7.65. The van der Waals surface area contributed by atoms with Crippen molar-refractivity contribution >= 4 is 42.7 Å². The summed E-state index contributed by atoms with van der Waals surface area (Å²) in [6.07, 6.45) is 0. The zero-order chi connectivity index (χ0) is 25.8. The molecule has 0 bridgehead atoms. The first kappa shape index (κ1) is 26.1. The van der Waals surface area contributed by atoms with Gasteiger partial charge in [-0.05, 0) is 0 Å². The molecule has 0 saturated heterocycles. The van der Waals surface area contributed by atoms with E-state index in [0.29, 0.717) is 0 Å². The first-order chi connectivity index (χ1) is 18.0. The average molecular weight is 648 g/mol. The van der Waals surface area contributed by atoms with E-state index in [-0.39, 0.29) is 5.41 Å². The van der Waals surface area contributed by atoms with Crippen molar-refractivity contribution in [3.8, 4) is 0 Å². The second kappa shape index (κ2) is 11.0. The van der Waals surface area contributed by atoms with E-state index < -0.39 is 26.0 Å². The van der Waals surface area contributed by atoms with Crippen LogP contribution in [0.25, 0.3) is 0 Å². The van der Waals surface area contributed by atoms with E-state index in [1.54, 1.807) is 16.8 Å². The molecule has 0 amide bonds. The molecule has 37 heavy (non-hydrogen) atoms. The van der Waals surface area contributed by atoms with Gasteiger partial charge in [0.05, 0.1) is 0 Å². The van der Waals surface area contributed by atoms with Crippen LogP contribution in [-0.4, -0.2) is 26.0 Å². The van der Waals surface area contributed by atoms with Crippen molar-refractivity contribution in [2.45, 2.75) is 28.6 Å². The van der Waals surface area contributed by atoms with Gasteiger partial charge in [-0.2, -0.15) is 0 Å². The van der Waals surface area contributed by atoms with Crippen molar-refractivity contribution in [2.24, 2.45) is 0 Å². The molecular formula is C35H36GeSn. The van der Waals surface area contributed by atoms with Gasteiger partial charge in [-0.15, -0.1) is 0 Å². The summed E-state index contributed by atoms with van der Waals surface area (Å²) in [7, 11) is -3.23. The number of rotatable bonds is 8.